The van der Waals surface area contributed by atoms with Crippen LogP contribution in [0.15, 0.2) is 58.3 Å². The fourth-order valence-electron chi connectivity index (χ4n) is 2.55. The lowest BCUT2D eigenvalue weighted by Gasteiger charge is -2.26. The third kappa shape index (κ3) is 5.42. The molecular weight excluding hydrogens is 414 g/mol. The monoisotopic (exact) mass is 435 g/mol. The first-order chi connectivity index (χ1) is 13.5. The molecule has 2 rings (SSSR count). The molecule has 0 fully saturated rings. The van der Waals surface area contributed by atoms with E-state index in [1.807, 2.05) is 0 Å². The van der Waals surface area contributed by atoms with Gasteiger partial charge in [0.25, 0.3) is 5.91 Å². The highest BCUT2D eigenvalue weighted by molar-refractivity contribution is 7.89. The molecule has 0 aromatic heterocycles. The molecule has 0 radical (unpaired) electrons. The van der Waals surface area contributed by atoms with Crippen molar-refractivity contribution in [2.24, 2.45) is 5.14 Å². The van der Waals surface area contributed by atoms with Crippen LogP contribution in [0.1, 0.15) is 28.9 Å². The van der Waals surface area contributed by atoms with Gasteiger partial charge < -0.3 is 4.90 Å². The topological polar surface area (TPSA) is 127 Å². The summed E-state index contributed by atoms with van der Waals surface area (Å²) in [5.41, 5.74) is 0.864. The highest BCUT2D eigenvalue weighted by Crippen LogP contribution is 2.23. The van der Waals surface area contributed by atoms with Gasteiger partial charge in [-0.05, 0) is 48.9 Å². The van der Waals surface area contributed by atoms with E-state index in [0.717, 1.165) is 0 Å². The molecule has 0 aliphatic carbocycles. The SMILES string of the molecule is C#CCNS(=O)(=O)c1ccc(C(=O)N(C)C(C)c2cccc(S(N)(=O)=O)c2)cc1. The summed E-state index contributed by atoms with van der Waals surface area (Å²) in [4.78, 5) is 14.1. The number of benzene rings is 2. The summed E-state index contributed by atoms with van der Waals surface area (Å²) in [5.74, 6) is 1.82. The lowest BCUT2D eigenvalue weighted by Crippen LogP contribution is -2.30. The third-order valence-corrected chi connectivity index (χ3v) is 6.67. The average Bonchev–Trinajstić information content (AvgIpc) is 2.70. The molecule has 0 spiro atoms. The number of carbonyl (C=O) groups excluding carboxylic acids is 1. The number of terminal acetylenes is 1. The number of nitrogens with zero attached hydrogens (tertiary/aromatic N) is 1. The van der Waals surface area contributed by atoms with E-state index in [0.29, 0.717) is 5.56 Å². The second-order valence-corrected chi connectivity index (χ2v) is 9.59. The van der Waals surface area contributed by atoms with Gasteiger partial charge in [0.15, 0.2) is 0 Å². The molecule has 1 unspecified atom stereocenters. The van der Waals surface area contributed by atoms with Crippen LogP contribution in [0.3, 0.4) is 0 Å². The number of hydrogen-bond acceptors (Lipinski definition) is 5. The van der Waals surface area contributed by atoms with Crippen LogP contribution in [0, 0.1) is 12.3 Å². The van der Waals surface area contributed by atoms with Crippen molar-refractivity contribution in [2.75, 3.05) is 13.6 Å². The first-order valence-corrected chi connectivity index (χ1v) is 11.4. The maximum Gasteiger partial charge on any atom is 0.254 e. The zero-order valence-electron chi connectivity index (χ0n) is 15.9. The van der Waals surface area contributed by atoms with Crippen molar-refractivity contribution < 1.29 is 21.6 Å². The van der Waals surface area contributed by atoms with E-state index >= 15 is 0 Å². The van der Waals surface area contributed by atoms with Gasteiger partial charge in [-0.2, -0.15) is 4.72 Å². The fraction of sp³-hybridized carbons (Fsp3) is 0.211. The van der Waals surface area contributed by atoms with Crippen molar-refractivity contribution in [2.45, 2.75) is 22.8 Å². The molecule has 0 aliphatic heterocycles. The van der Waals surface area contributed by atoms with Crippen molar-refractivity contribution in [1.29, 1.82) is 0 Å². The lowest BCUT2D eigenvalue weighted by atomic mass is 10.1. The van der Waals surface area contributed by atoms with Crippen molar-refractivity contribution in [3.8, 4) is 12.3 Å². The van der Waals surface area contributed by atoms with E-state index in [1.165, 1.54) is 41.3 Å². The molecular formula is C19H21N3O5S2. The zero-order chi connectivity index (χ0) is 21.8. The van der Waals surface area contributed by atoms with E-state index in [-0.39, 0.29) is 27.8 Å². The normalized spacial score (nSPS) is 12.8. The standard InChI is InChI=1S/C19H21N3O5S2/c1-4-12-21-29(26,27)17-10-8-15(9-11-17)19(23)22(3)14(2)16-6-5-7-18(13-16)28(20,24)25/h1,5-11,13-14,21H,12H2,2-3H3,(H2,20,24,25). The molecule has 29 heavy (non-hydrogen) atoms. The first-order valence-electron chi connectivity index (χ1n) is 8.40. The zero-order valence-corrected chi connectivity index (χ0v) is 17.5. The number of hydrogen-bond donors (Lipinski definition) is 2. The van der Waals surface area contributed by atoms with Gasteiger partial charge >= 0.3 is 0 Å². The minimum absolute atomic E-state index is 0.0131. The summed E-state index contributed by atoms with van der Waals surface area (Å²) in [6.45, 7) is 1.60. The fourth-order valence-corrected chi connectivity index (χ4v) is 4.05. The number of amides is 1. The number of primary sulfonamides is 1. The Morgan fingerprint density at radius 2 is 1.76 bits per heavy atom. The van der Waals surface area contributed by atoms with Crippen LogP contribution in [0.4, 0.5) is 0 Å². The summed E-state index contributed by atoms with van der Waals surface area (Å²) < 4.78 is 49.4. The molecule has 0 bridgehead atoms. The van der Waals surface area contributed by atoms with Crippen LogP contribution in [-0.2, 0) is 20.0 Å². The summed E-state index contributed by atoms with van der Waals surface area (Å²) in [6, 6.07) is 11.0. The molecule has 2 aromatic rings. The lowest BCUT2D eigenvalue weighted by molar-refractivity contribution is 0.0742. The number of nitrogens with two attached hydrogens (primary N) is 1. The van der Waals surface area contributed by atoms with E-state index in [1.54, 1.807) is 26.1 Å². The number of rotatable bonds is 7. The summed E-state index contributed by atoms with van der Waals surface area (Å²) >= 11 is 0. The third-order valence-electron chi connectivity index (χ3n) is 4.35. The van der Waals surface area contributed by atoms with E-state index in [2.05, 4.69) is 10.6 Å². The Bertz CT molecular complexity index is 1150. The average molecular weight is 436 g/mol. The van der Waals surface area contributed by atoms with Gasteiger partial charge in [0.05, 0.1) is 22.4 Å². The molecule has 2 aromatic carbocycles. The van der Waals surface area contributed by atoms with Crippen molar-refractivity contribution in [3.63, 3.8) is 0 Å². The summed E-state index contributed by atoms with van der Waals surface area (Å²) in [6.07, 6.45) is 5.05. The van der Waals surface area contributed by atoms with Gasteiger partial charge in [0.2, 0.25) is 20.0 Å². The predicted octanol–water partition coefficient (Wildman–Crippen LogP) is 1.08. The Morgan fingerprint density at radius 3 is 2.31 bits per heavy atom. The van der Waals surface area contributed by atoms with E-state index in [4.69, 9.17) is 11.6 Å². The number of sulfonamides is 2. The van der Waals surface area contributed by atoms with Crippen LogP contribution >= 0.6 is 0 Å². The molecule has 10 heteroatoms. The minimum Gasteiger partial charge on any atom is -0.335 e. The van der Waals surface area contributed by atoms with E-state index in [9.17, 15) is 21.6 Å². The number of carbonyl (C=O) groups is 1. The predicted molar refractivity (Wildman–Crippen MR) is 109 cm³/mol. The maximum absolute atomic E-state index is 12.8. The molecule has 0 aliphatic rings. The van der Waals surface area contributed by atoms with Gasteiger partial charge in [0.1, 0.15) is 0 Å². The highest BCUT2D eigenvalue weighted by atomic mass is 32.2. The quantitative estimate of drug-likeness (QED) is 0.629. The molecule has 1 amide bonds. The largest absolute Gasteiger partial charge is 0.335 e. The van der Waals surface area contributed by atoms with Crippen LogP contribution in [0.5, 0.6) is 0 Å². The molecule has 0 saturated carbocycles. The van der Waals surface area contributed by atoms with Crippen molar-refractivity contribution >= 4 is 26.0 Å². The second kappa shape index (κ2) is 8.75. The smallest absolute Gasteiger partial charge is 0.254 e. The molecule has 154 valence electrons. The van der Waals surface area contributed by atoms with Gasteiger partial charge in [0, 0.05) is 12.6 Å². The molecule has 1 atom stereocenters. The van der Waals surface area contributed by atoms with Gasteiger partial charge in [-0.15, -0.1) is 6.42 Å². The van der Waals surface area contributed by atoms with Crippen LogP contribution in [0.2, 0.25) is 0 Å². The van der Waals surface area contributed by atoms with Crippen molar-refractivity contribution in [1.82, 2.24) is 9.62 Å². The van der Waals surface area contributed by atoms with Crippen LogP contribution in [0.25, 0.3) is 0 Å². The van der Waals surface area contributed by atoms with E-state index < -0.39 is 26.1 Å². The highest BCUT2D eigenvalue weighted by Gasteiger charge is 2.21. The maximum atomic E-state index is 12.8. The Balaban J connectivity index is 2.23. The van der Waals surface area contributed by atoms with Crippen LogP contribution in [-0.4, -0.2) is 41.2 Å². The Kier molecular flexibility index (Phi) is 6.81. The van der Waals surface area contributed by atoms with Gasteiger partial charge in [-0.3, -0.25) is 4.79 Å². The molecule has 3 N–H and O–H groups in total. The van der Waals surface area contributed by atoms with Crippen LogP contribution < -0.4 is 9.86 Å². The second-order valence-electron chi connectivity index (χ2n) is 6.26. The van der Waals surface area contributed by atoms with Gasteiger partial charge in [-0.1, -0.05) is 18.1 Å². The van der Waals surface area contributed by atoms with Gasteiger partial charge in [-0.25, -0.2) is 22.0 Å². The Labute approximate surface area is 170 Å². The Morgan fingerprint density at radius 1 is 1.14 bits per heavy atom. The summed E-state index contributed by atoms with van der Waals surface area (Å²) in [5, 5.41) is 5.16. The minimum atomic E-state index is -3.86. The number of nitrogens with one attached hydrogen (secondary N) is 1. The molecule has 0 heterocycles. The first kappa shape index (κ1) is 22.6. The molecule has 8 nitrogen and oxygen atoms in total. The molecule has 0 saturated heterocycles. The Hall–Kier alpha value is -2.71. The summed E-state index contributed by atoms with van der Waals surface area (Å²) in [7, 11) is -6.05. The van der Waals surface area contributed by atoms with Crippen molar-refractivity contribution in [3.05, 3.63) is 59.7 Å².